The molecule has 2 fully saturated rings. The van der Waals surface area contributed by atoms with Gasteiger partial charge < -0.3 is 0 Å². The van der Waals surface area contributed by atoms with E-state index >= 15 is 0 Å². The largest absolute Gasteiger partial charge is 0.127 e. The van der Waals surface area contributed by atoms with Crippen molar-refractivity contribution in [1.29, 1.82) is 0 Å². The van der Waals surface area contributed by atoms with E-state index in [0.29, 0.717) is 5.92 Å². The third-order valence-electron chi connectivity index (χ3n) is 5.24. The van der Waals surface area contributed by atoms with E-state index in [9.17, 15) is 0 Å². The van der Waals surface area contributed by atoms with E-state index in [4.69, 9.17) is 0 Å². The third-order valence-corrected chi connectivity index (χ3v) is 6.72. The van der Waals surface area contributed by atoms with Crippen molar-refractivity contribution in [2.24, 2.45) is 17.8 Å². The van der Waals surface area contributed by atoms with Crippen molar-refractivity contribution in [3.05, 3.63) is 46.9 Å². The van der Waals surface area contributed by atoms with Crippen molar-refractivity contribution in [2.45, 2.75) is 37.4 Å². The van der Waals surface area contributed by atoms with Crippen LogP contribution in [-0.4, -0.2) is 5.25 Å². The molecular weight excluding hydrogens is 236 g/mol. The van der Waals surface area contributed by atoms with Gasteiger partial charge in [-0.15, -0.1) is 11.8 Å². The Morgan fingerprint density at radius 2 is 1.83 bits per heavy atom. The standard InChI is InChI=1S/C17H20S/c1-11-9-15(12-5-3-2-4-6-12)16-13-7-8-14(10-13)17(16)18-11/h2-6,9,13-17H,7-8,10H2,1H3/t13-,14+,15-,16-,17-/m1/s1. The molecule has 1 aromatic carbocycles. The zero-order valence-corrected chi connectivity index (χ0v) is 11.7. The van der Waals surface area contributed by atoms with E-state index in [2.05, 4.69) is 55.1 Å². The third kappa shape index (κ3) is 1.60. The summed E-state index contributed by atoms with van der Waals surface area (Å²) in [5.74, 6) is 3.62. The lowest BCUT2D eigenvalue weighted by Crippen LogP contribution is -2.32. The van der Waals surface area contributed by atoms with Gasteiger partial charge in [0, 0.05) is 11.2 Å². The summed E-state index contributed by atoms with van der Waals surface area (Å²) >= 11 is 2.18. The average molecular weight is 256 g/mol. The molecule has 2 saturated carbocycles. The summed E-state index contributed by atoms with van der Waals surface area (Å²) in [5, 5.41) is 0.916. The van der Waals surface area contributed by atoms with Gasteiger partial charge in [-0.05, 0) is 54.4 Å². The summed E-state index contributed by atoms with van der Waals surface area (Å²) in [6, 6.07) is 11.2. The molecule has 0 amide bonds. The van der Waals surface area contributed by atoms with Crippen LogP contribution < -0.4 is 0 Å². The number of hydrogen-bond donors (Lipinski definition) is 0. The van der Waals surface area contributed by atoms with E-state index in [0.717, 1.165) is 23.0 Å². The molecule has 4 rings (SSSR count). The van der Waals surface area contributed by atoms with Gasteiger partial charge in [-0.3, -0.25) is 0 Å². The van der Waals surface area contributed by atoms with E-state index in [1.807, 2.05) is 0 Å². The van der Waals surface area contributed by atoms with Gasteiger partial charge in [-0.25, -0.2) is 0 Å². The van der Waals surface area contributed by atoms with Gasteiger partial charge >= 0.3 is 0 Å². The molecule has 0 N–H and O–H groups in total. The predicted octanol–water partition coefficient (Wildman–Crippen LogP) is 4.84. The zero-order valence-electron chi connectivity index (χ0n) is 10.9. The molecule has 94 valence electrons. The second-order valence-corrected chi connectivity index (χ2v) is 7.63. The Bertz CT molecular complexity index is 476. The van der Waals surface area contributed by atoms with E-state index < -0.39 is 0 Å². The molecule has 1 aromatic rings. The van der Waals surface area contributed by atoms with Crippen LogP contribution in [0.3, 0.4) is 0 Å². The van der Waals surface area contributed by atoms with E-state index in [1.165, 1.54) is 19.3 Å². The van der Waals surface area contributed by atoms with Crippen LogP contribution in [-0.2, 0) is 0 Å². The SMILES string of the molecule is CC1=C[C@H](c2ccccc2)[C@H]2[C@@H]3CC[C@@H](C3)[C@H]2S1. The molecule has 3 aliphatic rings. The first-order chi connectivity index (χ1) is 8.83. The fourth-order valence-electron chi connectivity index (χ4n) is 4.57. The fourth-order valence-corrected chi connectivity index (χ4v) is 6.21. The highest BCUT2D eigenvalue weighted by molar-refractivity contribution is 8.03. The first-order valence-electron chi connectivity index (χ1n) is 7.23. The molecule has 0 spiro atoms. The summed E-state index contributed by atoms with van der Waals surface area (Å²) in [6.07, 6.45) is 7.03. The van der Waals surface area contributed by atoms with Gasteiger partial charge in [0.2, 0.25) is 0 Å². The predicted molar refractivity (Wildman–Crippen MR) is 78.6 cm³/mol. The topological polar surface area (TPSA) is 0 Å². The minimum absolute atomic E-state index is 0.688. The highest BCUT2D eigenvalue weighted by Crippen LogP contribution is 2.61. The molecule has 2 bridgehead atoms. The Morgan fingerprint density at radius 3 is 2.67 bits per heavy atom. The molecule has 0 unspecified atom stereocenters. The van der Waals surface area contributed by atoms with Crippen LogP contribution in [0.15, 0.2) is 41.3 Å². The van der Waals surface area contributed by atoms with Crippen molar-refractivity contribution in [3.63, 3.8) is 0 Å². The average Bonchev–Trinajstić information content (AvgIpc) is 3.00. The van der Waals surface area contributed by atoms with E-state index in [-0.39, 0.29) is 0 Å². The number of benzene rings is 1. The maximum atomic E-state index is 2.54. The number of fused-ring (bicyclic) bond motifs is 5. The molecule has 0 saturated heterocycles. The lowest BCUT2D eigenvalue weighted by atomic mass is 9.75. The molecule has 0 aromatic heterocycles. The summed E-state index contributed by atoms with van der Waals surface area (Å²) in [7, 11) is 0. The number of rotatable bonds is 1. The number of thioether (sulfide) groups is 1. The molecule has 0 nitrogen and oxygen atoms in total. The number of allylic oxidation sites excluding steroid dienone is 2. The molecule has 1 heterocycles. The Balaban J connectivity index is 1.75. The minimum Gasteiger partial charge on any atom is -0.127 e. The molecule has 0 radical (unpaired) electrons. The van der Waals surface area contributed by atoms with Gasteiger partial charge in [-0.1, -0.05) is 36.4 Å². The van der Waals surface area contributed by atoms with Crippen LogP contribution in [0.4, 0.5) is 0 Å². The van der Waals surface area contributed by atoms with E-state index in [1.54, 1.807) is 10.5 Å². The van der Waals surface area contributed by atoms with Crippen molar-refractivity contribution in [2.75, 3.05) is 0 Å². The highest BCUT2D eigenvalue weighted by atomic mass is 32.2. The Hall–Kier alpha value is -0.690. The smallest absolute Gasteiger partial charge is 0.0159 e. The van der Waals surface area contributed by atoms with Crippen LogP contribution in [0.25, 0.3) is 0 Å². The van der Waals surface area contributed by atoms with Crippen molar-refractivity contribution in [1.82, 2.24) is 0 Å². The van der Waals surface area contributed by atoms with Crippen molar-refractivity contribution < 1.29 is 0 Å². The summed E-state index contributed by atoms with van der Waals surface area (Å²) in [5.41, 5.74) is 1.54. The second-order valence-electron chi connectivity index (χ2n) is 6.21. The second kappa shape index (κ2) is 4.16. The monoisotopic (exact) mass is 256 g/mol. The van der Waals surface area contributed by atoms with Gasteiger partial charge in [0.1, 0.15) is 0 Å². The Kier molecular flexibility index (Phi) is 2.58. The molecule has 18 heavy (non-hydrogen) atoms. The summed E-state index contributed by atoms with van der Waals surface area (Å²) in [4.78, 5) is 1.55. The first kappa shape index (κ1) is 11.2. The molecule has 2 aliphatic carbocycles. The van der Waals surface area contributed by atoms with Gasteiger partial charge in [0.05, 0.1) is 0 Å². The first-order valence-corrected chi connectivity index (χ1v) is 8.11. The van der Waals surface area contributed by atoms with Gasteiger partial charge in [0.15, 0.2) is 0 Å². The lowest BCUT2D eigenvalue weighted by molar-refractivity contribution is 0.314. The maximum absolute atomic E-state index is 2.54. The molecular formula is C17H20S. The molecule has 1 heteroatoms. The lowest BCUT2D eigenvalue weighted by Gasteiger charge is -2.39. The summed E-state index contributed by atoms with van der Waals surface area (Å²) in [6.45, 7) is 2.31. The summed E-state index contributed by atoms with van der Waals surface area (Å²) < 4.78 is 0. The zero-order chi connectivity index (χ0) is 12.1. The number of hydrogen-bond acceptors (Lipinski definition) is 1. The van der Waals surface area contributed by atoms with Crippen LogP contribution in [0.1, 0.15) is 37.7 Å². The van der Waals surface area contributed by atoms with Crippen LogP contribution in [0.5, 0.6) is 0 Å². The molecule has 5 atom stereocenters. The normalized spacial score (nSPS) is 41.6. The Morgan fingerprint density at radius 1 is 1.06 bits per heavy atom. The van der Waals surface area contributed by atoms with Crippen molar-refractivity contribution in [3.8, 4) is 0 Å². The van der Waals surface area contributed by atoms with Gasteiger partial charge in [-0.2, -0.15) is 0 Å². The van der Waals surface area contributed by atoms with Crippen molar-refractivity contribution >= 4 is 11.8 Å². The Labute approximate surface area is 114 Å². The highest BCUT2D eigenvalue weighted by Gasteiger charge is 2.51. The molecule has 1 aliphatic heterocycles. The van der Waals surface area contributed by atoms with Crippen LogP contribution in [0.2, 0.25) is 0 Å². The maximum Gasteiger partial charge on any atom is 0.0159 e. The quantitative estimate of drug-likeness (QED) is 0.693. The van der Waals surface area contributed by atoms with Gasteiger partial charge in [0.25, 0.3) is 0 Å². The fraction of sp³-hybridized carbons (Fsp3) is 0.529. The van der Waals surface area contributed by atoms with Crippen LogP contribution in [0, 0.1) is 17.8 Å². The van der Waals surface area contributed by atoms with Crippen LogP contribution >= 0.6 is 11.8 Å². The minimum atomic E-state index is 0.688.